The minimum atomic E-state index is -0.102. The van der Waals surface area contributed by atoms with E-state index in [0.29, 0.717) is 24.0 Å². The summed E-state index contributed by atoms with van der Waals surface area (Å²) in [6, 6.07) is 0. The van der Waals surface area contributed by atoms with Crippen LogP contribution in [-0.4, -0.2) is 16.0 Å². The fourth-order valence-electron chi connectivity index (χ4n) is 0.618. The van der Waals surface area contributed by atoms with Gasteiger partial charge in [-0.05, 0) is 0 Å². The van der Waals surface area contributed by atoms with E-state index in [0.717, 1.165) is 0 Å². The van der Waals surface area contributed by atoms with Gasteiger partial charge < -0.3 is 9.52 Å². The van der Waals surface area contributed by atoms with Gasteiger partial charge in [0.2, 0.25) is 0 Å². The van der Waals surface area contributed by atoms with Crippen LogP contribution < -0.4 is 0 Å². The number of aromatic nitrogens is 1. The fourth-order valence-corrected chi connectivity index (χ4v) is 0.779. The zero-order chi connectivity index (χ0) is 7.40. The van der Waals surface area contributed by atoms with Crippen molar-refractivity contribution in [2.45, 2.75) is 13.0 Å². The highest BCUT2D eigenvalue weighted by molar-refractivity contribution is 6.17. The van der Waals surface area contributed by atoms with Gasteiger partial charge in [-0.25, -0.2) is 4.98 Å². The van der Waals surface area contributed by atoms with Gasteiger partial charge in [-0.1, -0.05) is 0 Å². The third-order valence-corrected chi connectivity index (χ3v) is 1.25. The molecule has 0 aliphatic carbocycles. The van der Waals surface area contributed by atoms with Crippen LogP contribution in [0, 0.1) is 0 Å². The first kappa shape index (κ1) is 7.57. The molecule has 0 aliphatic heterocycles. The van der Waals surface area contributed by atoms with Gasteiger partial charge >= 0.3 is 0 Å². The van der Waals surface area contributed by atoms with E-state index in [1.165, 1.54) is 6.20 Å². The highest BCUT2D eigenvalue weighted by atomic mass is 35.5. The van der Waals surface area contributed by atoms with Gasteiger partial charge in [0.05, 0.1) is 6.20 Å². The maximum absolute atomic E-state index is 8.55. The Kier molecular flexibility index (Phi) is 2.71. The molecule has 0 bridgehead atoms. The lowest BCUT2D eigenvalue weighted by atomic mass is 10.5. The number of aliphatic hydroxyl groups excluding tert-OH is 1. The Morgan fingerprint density at radius 2 is 2.50 bits per heavy atom. The lowest BCUT2D eigenvalue weighted by Crippen LogP contribution is -1.83. The zero-order valence-corrected chi connectivity index (χ0v) is 6.14. The minimum Gasteiger partial charge on any atom is -0.443 e. The summed E-state index contributed by atoms with van der Waals surface area (Å²) in [7, 11) is 0. The first-order valence-electron chi connectivity index (χ1n) is 2.97. The SMILES string of the molecule is OCc1cnc(CCCl)o1. The van der Waals surface area contributed by atoms with Gasteiger partial charge in [-0.3, -0.25) is 0 Å². The van der Waals surface area contributed by atoms with E-state index in [2.05, 4.69) is 4.98 Å². The first-order chi connectivity index (χ1) is 4.86. The zero-order valence-electron chi connectivity index (χ0n) is 5.38. The monoisotopic (exact) mass is 161 g/mol. The van der Waals surface area contributed by atoms with Crippen molar-refractivity contribution in [2.24, 2.45) is 0 Å². The Bertz CT molecular complexity index is 199. The van der Waals surface area contributed by atoms with Crippen molar-refractivity contribution in [3.8, 4) is 0 Å². The molecule has 0 aliphatic rings. The molecule has 0 fully saturated rings. The standard InChI is InChI=1S/C6H8ClNO2/c7-2-1-6-8-3-5(4-9)10-6/h3,9H,1-2,4H2. The normalized spacial score (nSPS) is 10.2. The van der Waals surface area contributed by atoms with E-state index in [4.69, 9.17) is 21.1 Å². The molecule has 1 rings (SSSR count). The molecule has 4 heteroatoms. The molecular formula is C6H8ClNO2. The second-order valence-corrected chi connectivity index (χ2v) is 2.20. The van der Waals surface area contributed by atoms with E-state index >= 15 is 0 Å². The van der Waals surface area contributed by atoms with Crippen LogP contribution >= 0.6 is 11.6 Å². The second kappa shape index (κ2) is 3.58. The summed E-state index contributed by atoms with van der Waals surface area (Å²) in [5, 5.41) is 8.55. The van der Waals surface area contributed by atoms with Gasteiger partial charge in [-0.2, -0.15) is 0 Å². The minimum absolute atomic E-state index is 0.102. The number of aliphatic hydroxyl groups is 1. The summed E-state index contributed by atoms with van der Waals surface area (Å²) in [6.07, 6.45) is 2.11. The number of hydrogen-bond acceptors (Lipinski definition) is 3. The van der Waals surface area contributed by atoms with Crippen molar-refractivity contribution >= 4 is 11.6 Å². The van der Waals surface area contributed by atoms with E-state index in [1.54, 1.807) is 0 Å². The lowest BCUT2D eigenvalue weighted by Gasteiger charge is -1.86. The number of alkyl halides is 1. The van der Waals surface area contributed by atoms with Crippen LogP contribution in [0.5, 0.6) is 0 Å². The molecule has 1 heterocycles. The third kappa shape index (κ3) is 1.72. The Labute approximate surface area is 63.6 Å². The van der Waals surface area contributed by atoms with Gasteiger partial charge in [0.25, 0.3) is 0 Å². The third-order valence-electron chi connectivity index (χ3n) is 1.07. The molecule has 10 heavy (non-hydrogen) atoms. The van der Waals surface area contributed by atoms with Crippen molar-refractivity contribution in [1.29, 1.82) is 0 Å². The van der Waals surface area contributed by atoms with Gasteiger partial charge in [0, 0.05) is 12.3 Å². The van der Waals surface area contributed by atoms with Gasteiger partial charge in [-0.15, -0.1) is 11.6 Å². The van der Waals surface area contributed by atoms with E-state index < -0.39 is 0 Å². The quantitative estimate of drug-likeness (QED) is 0.672. The Morgan fingerprint density at radius 3 is 3.00 bits per heavy atom. The summed E-state index contributed by atoms with van der Waals surface area (Å²) >= 11 is 5.43. The maximum Gasteiger partial charge on any atom is 0.195 e. The number of rotatable bonds is 3. The molecule has 0 amide bonds. The highest BCUT2D eigenvalue weighted by Gasteiger charge is 2.00. The van der Waals surface area contributed by atoms with Crippen molar-refractivity contribution in [2.75, 3.05) is 5.88 Å². The molecule has 0 radical (unpaired) electrons. The molecule has 0 unspecified atom stereocenters. The Hall–Kier alpha value is -0.540. The summed E-state index contributed by atoms with van der Waals surface area (Å²) < 4.78 is 5.03. The average molecular weight is 162 g/mol. The maximum atomic E-state index is 8.55. The van der Waals surface area contributed by atoms with Crippen molar-refractivity contribution in [3.05, 3.63) is 17.8 Å². The molecule has 1 N–H and O–H groups in total. The summed E-state index contributed by atoms with van der Waals surface area (Å²) in [5.74, 6) is 1.56. The number of nitrogens with zero attached hydrogens (tertiary/aromatic N) is 1. The van der Waals surface area contributed by atoms with Crippen molar-refractivity contribution < 1.29 is 9.52 Å². The molecule has 0 aromatic carbocycles. The molecular weight excluding hydrogens is 154 g/mol. The Balaban J connectivity index is 2.59. The number of halogens is 1. The summed E-state index contributed by atoms with van der Waals surface area (Å²) in [5.41, 5.74) is 0. The first-order valence-corrected chi connectivity index (χ1v) is 3.50. The molecule has 3 nitrogen and oxygen atoms in total. The van der Waals surface area contributed by atoms with E-state index in [1.807, 2.05) is 0 Å². The van der Waals surface area contributed by atoms with Crippen LogP contribution in [0.15, 0.2) is 10.6 Å². The molecule has 0 saturated carbocycles. The molecule has 0 atom stereocenters. The lowest BCUT2D eigenvalue weighted by molar-refractivity contribution is 0.243. The molecule has 0 saturated heterocycles. The van der Waals surface area contributed by atoms with Gasteiger partial charge in [0.1, 0.15) is 12.4 Å². The van der Waals surface area contributed by atoms with Crippen molar-refractivity contribution in [1.82, 2.24) is 4.98 Å². The van der Waals surface area contributed by atoms with E-state index in [-0.39, 0.29) is 6.61 Å². The van der Waals surface area contributed by atoms with Crippen LogP contribution in [-0.2, 0) is 13.0 Å². The van der Waals surface area contributed by atoms with Crippen LogP contribution in [0.3, 0.4) is 0 Å². The molecule has 1 aromatic rings. The smallest absolute Gasteiger partial charge is 0.195 e. The molecule has 1 aromatic heterocycles. The number of oxazole rings is 1. The number of aryl methyl sites for hydroxylation is 1. The topological polar surface area (TPSA) is 46.3 Å². The summed E-state index contributed by atoms with van der Waals surface area (Å²) in [4.78, 5) is 3.87. The second-order valence-electron chi connectivity index (χ2n) is 1.82. The molecule has 56 valence electrons. The average Bonchev–Trinajstić information content (AvgIpc) is 2.37. The summed E-state index contributed by atoms with van der Waals surface area (Å²) in [6.45, 7) is -0.102. The predicted molar refractivity (Wildman–Crippen MR) is 36.8 cm³/mol. The Morgan fingerprint density at radius 1 is 1.70 bits per heavy atom. The van der Waals surface area contributed by atoms with Crippen LogP contribution in [0.2, 0.25) is 0 Å². The largest absolute Gasteiger partial charge is 0.443 e. The van der Waals surface area contributed by atoms with Gasteiger partial charge in [0.15, 0.2) is 5.89 Å². The predicted octanol–water partition coefficient (Wildman–Crippen LogP) is 0.948. The fraction of sp³-hybridized carbons (Fsp3) is 0.500. The highest BCUT2D eigenvalue weighted by Crippen LogP contribution is 2.03. The van der Waals surface area contributed by atoms with Crippen LogP contribution in [0.25, 0.3) is 0 Å². The molecule has 0 spiro atoms. The van der Waals surface area contributed by atoms with E-state index in [9.17, 15) is 0 Å². The van der Waals surface area contributed by atoms with Crippen LogP contribution in [0.4, 0.5) is 0 Å². The van der Waals surface area contributed by atoms with Crippen molar-refractivity contribution in [3.63, 3.8) is 0 Å². The number of hydrogen-bond donors (Lipinski definition) is 1. The van der Waals surface area contributed by atoms with Crippen LogP contribution in [0.1, 0.15) is 11.7 Å².